The number of fused-ring (bicyclic) bond motifs is 1. The van der Waals surface area contributed by atoms with Crippen LogP contribution in [0.5, 0.6) is 0 Å². The summed E-state index contributed by atoms with van der Waals surface area (Å²) in [6, 6.07) is 13.7. The van der Waals surface area contributed by atoms with Crippen molar-refractivity contribution in [2.45, 2.75) is 26.7 Å². The lowest BCUT2D eigenvalue weighted by Crippen LogP contribution is -2.41. The van der Waals surface area contributed by atoms with E-state index >= 15 is 0 Å². The maximum Gasteiger partial charge on any atom is 0.349 e. The van der Waals surface area contributed by atoms with Crippen LogP contribution in [0.25, 0.3) is 11.0 Å². The van der Waals surface area contributed by atoms with Crippen LogP contribution in [0.3, 0.4) is 0 Å². The minimum Gasteiger partial charge on any atom is -0.422 e. The maximum atomic E-state index is 12.9. The predicted octanol–water partition coefficient (Wildman–Crippen LogP) is 3.34. The molecule has 4 rings (SSSR count). The molecule has 1 aliphatic rings. The van der Waals surface area contributed by atoms with Gasteiger partial charge in [-0.05, 0) is 82.2 Å². The number of sulfonamides is 1. The number of hydrogen-bond acceptors (Lipinski definition) is 8. The van der Waals surface area contributed by atoms with Gasteiger partial charge in [0.25, 0.3) is 5.91 Å². The Labute approximate surface area is 234 Å². The number of amides is 1. The molecule has 2 heterocycles. The molecule has 2 aromatic carbocycles. The van der Waals surface area contributed by atoms with Gasteiger partial charge in [0.2, 0.25) is 10.0 Å². The van der Waals surface area contributed by atoms with Crippen molar-refractivity contribution in [3.63, 3.8) is 0 Å². The Hall–Kier alpha value is -3.70. The smallest absolute Gasteiger partial charge is 0.349 e. The molecule has 10 nitrogen and oxygen atoms in total. The highest BCUT2D eigenvalue weighted by molar-refractivity contribution is 7.92. The molecule has 0 aliphatic carbocycles. The molecule has 2 N–H and O–H groups in total. The third-order valence-electron chi connectivity index (χ3n) is 7.24. The zero-order valence-electron chi connectivity index (χ0n) is 23.1. The van der Waals surface area contributed by atoms with Gasteiger partial charge >= 0.3 is 5.63 Å². The number of nitrogens with one attached hydrogen (secondary N) is 2. The molecule has 1 saturated heterocycles. The molecule has 0 saturated carbocycles. The van der Waals surface area contributed by atoms with E-state index in [0.29, 0.717) is 61.2 Å². The summed E-state index contributed by atoms with van der Waals surface area (Å²) < 4.78 is 30.6. The van der Waals surface area contributed by atoms with Gasteiger partial charge in [0.1, 0.15) is 11.1 Å². The van der Waals surface area contributed by atoms with E-state index in [2.05, 4.69) is 33.7 Å². The molecular formula is C29H36N4O6S. The van der Waals surface area contributed by atoms with E-state index in [0.717, 1.165) is 25.0 Å². The van der Waals surface area contributed by atoms with E-state index in [1.54, 1.807) is 30.3 Å². The van der Waals surface area contributed by atoms with Gasteiger partial charge in [0.15, 0.2) is 5.78 Å². The Balaban J connectivity index is 1.26. The molecule has 11 heteroatoms. The van der Waals surface area contributed by atoms with Crippen LogP contribution in [0.15, 0.2) is 57.7 Å². The van der Waals surface area contributed by atoms with Crippen LogP contribution in [-0.4, -0.2) is 70.5 Å². The highest BCUT2D eigenvalue weighted by Gasteiger charge is 2.26. The molecule has 0 radical (unpaired) electrons. The van der Waals surface area contributed by atoms with Crippen molar-refractivity contribution in [1.29, 1.82) is 0 Å². The fourth-order valence-electron chi connectivity index (χ4n) is 5.04. The topological polar surface area (TPSA) is 129 Å². The van der Waals surface area contributed by atoms with Gasteiger partial charge in [0.05, 0.1) is 6.26 Å². The molecule has 1 amide bonds. The standard InChI is InChI=1S/C29H36N4O6S/c1-4-33(5-2)24-11-8-22-18-25(29(36)39-26(22)19-24)28(35)30-14-17-32-15-12-21(13-16-32)27(34)20-6-9-23(10-7-20)31-40(3,37)38/h6-11,18-19,21,31H,4-5,12-17H2,1-3H3,(H,30,35). The molecule has 214 valence electrons. The van der Waals surface area contributed by atoms with Crippen molar-refractivity contribution < 1.29 is 22.4 Å². The van der Waals surface area contributed by atoms with Gasteiger partial charge in [-0.15, -0.1) is 0 Å². The molecular weight excluding hydrogens is 532 g/mol. The summed E-state index contributed by atoms with van der Waals surface area (Å²) in [4.78, 5) is 42.5. The van der Waals surface area contributed by atoms with E-state index in [-0.39, 0.29) is 17.3 Å². The van der Waals surface area contributed by atoms with E-state index in [9.17, 15) is 22.8 Å². The number of carbonyl (C=O) groups excluding carboxylic acids is 2. The average Bonchev–Trinajstić information content (AvgIpc) is 2.93. The second kappa shape index (κ2) is 12.6. The van der Waals surface area contributed by atoms with Gasteiger partial charge in [-0.1, -0.05) is 0 Å². The Kier molecular flexibility index (Phi) is 9.26. The molecule has 0 bridgehead atoms. The van der Waals surface area contributed by atoms with Crippen molar-refractivity contribution in [3.05, 3.63) is 70.1 Å². The third-order valence-corrected chi connectivity index (χ3v) is 7.84. The summed E-state index contributed by atoms with van der Waals surface area (Å²) in [6.07, 6.45) is 2.47. The van der Waals surface area contributed by atoms with Crippen molar-refractivity contribution in [2.24, 2.45) is 5.92 Å². The number of ketones is 1. The molecule has 1 aromatic heterocycles. The van der Waals surface area contributed by atoms with Crippen LogP contribution < -0.4 is 20.6 Å². The second-order valence-electron chi connectivity index (χ2n) is 10.0. The quantitative estimate of drug-likeness (QED) is 0.266. The molecule has 40 heavy (non-hydrogen) atoms. The zero-order valence-corrected chi connectivity index (χ0v) is 23.9. The van der Waals surface area contributed by atoms with Crippen molar-refractivity contribution in [3.8, 4) is 0 Å². The van der Waals surface area contributed by atoms with E-state index in [1.165, 1.54) is 0 Å². The SMILES string of the molecule is CCN(CC)c1ccc2cc(C(=O)NCCN3CCC(C(=O)c4ccc(NS(C)(=O)=O)cc4)CC3)c(=O)oc2c1. The largest absolute Gasteiger partial charge is 0.422 e. The van der Waals surface area contributed by atoms with Crippen LogP contribution in [0.1, 0.15) is 47.4 Å². The molecule has 3 aromatic rings. The van der Waals surface area contributed by atoms with Gasteiger partial charge in [-0.25, -0.2) is 13.2 Å². The first kappa shape index (κ1) is 29.3. The second-order valence-corrected chi connectivity index (χ2v) is 11.8. The highest BCUT2D eigenvalue weighted by atomic mass is 32.2. The fourth-order valence-corrected chi connectivity index (χ4v) is 5.60. The first-order chi connectivity index (χ1) is 19.1. The third kappa shape index (κ3) is 7.28. The Morgan fingerprint density at radius 3 is 2.33 bits per heavy atom. The minimum atomic E-state index is -3.37. The number of Topliss-reactive ketones (excluding diaryl/α,β-unsaturated/α-hetero) is 1. The fraction of sp³-hybridized carbons (Fsp3) is 0.414. The average molecular weight is 569 g/mol. The molecule has 1 aliphatic heterocycles. The van der Waals surface area contributed by atoms with Crippen LogP contribution in [-0.2, 0) is 10.0 Å². The van der Waals surface area contributed by atoms with Crippen LogP contribution in [0.4, 0.5) is 11.4 Å². The minimum absolute atomic E-state index is 0.0230. The zero-order chi connectivity index (χ0) is 28.9. The highest BCUT2D eigenvalue weighted by Crippen LogP contribution is 2.24. The number of carbonyl (C=O) groups is 2. The number of nitrogens with zero attached hydrogens (tertiary/aromatic N) is 2. The Bertz CT molecular complexity index is 1520. The van der Waals surface area contributed by atoms with Crippen molar-refractivity contribution in [2.75, 3.05) is 55.1 Å². The van der Waals surface area contributed by atoms with E-state index in [4.69, 9.17) is 4.42 Å². The van der Waals surface area contributed by atoms with E-state index < -0.39 is 21.6 Å². The molecule has 0 spiro atoms. The van der Waals surface area contributed by atoms with Crippen molar-refractivity contribution in [1.82, 2.24) is 10.2 Å². The van der Waals surface area contributed by atoms with Crippen LogP contribution in [0, 0.1) is 5.92 Å². The number of likely N-dealkylation sites (tertiary alicyclic amines) is 1. The number of benzene rings is 2. The molecule has 1 fully saturated rings. The first-order valence-electron chi connectivity index (χ1n) is 13.5. The first-order valence-corrected chi connectivity index (χ1v) is 15.4. The number of rotatable bonds is 11. The molecule has 0 atom stereocenters. The normalized spacial score (nSPS) is 14.7. The number of hydrogen-bond donors (Lipinski definition) is 2. The summed E-state index contributed by atoms with van der Waals surface area (Å²) in [5, 5.41) is 3.50. The van der Waals surface area contributed by atoms with Gasteiger partial charge in [0, 0.05) is 60.5 Å². The van der Waals surface area contributed by atoms with Gasteiger partial charge < -0.3 is 19.5 Å². The Morgan fingerprint density at radius 1 is 1.02 bits per heavy atom. The van der Waals surface area contributed by atoms with Gasteiger partial charge in [-0.2, -0.15) is 0 Å². The monoisotopic (exact) mass is 568 g/mol. The van der Waals surface area contributed by atoms with Crippen LogP contribution >= 0.6 is 0 Å². The summed E-state index contributed by atoms with van der Waals surface area (Å²) in [6.45, 7) is 8.19. The summed E-state index contributed by atoms with van der Waals surface area (Å²) in [5.41, 5.74) is 1.70. The summed E-state index contributed by atoms with van der Waals surface area (Å²) >= 11 is 0. The summed E-state index contributed by atoms with van der Waals surface area (Å²) in [5.74, 6) is -0.530. The van der Waals surface area contributed by atoms with Gasteiger partial charge in [-0.3, -0.25) is 14.3 Å². The lowest BCUT2D eigenvalue weighted by molar-refractivity contribution is 0.0839. The van der Waals surface area contributed by atoms with E-state index in [1.807, 2.05) is 18.2 Å². The lowest BCUT2D eigenvalue weighted by atomic mass is 9.89. The molecule has 0 unspecified atom stereocenters. The maximum absolute atomic E-state index is 12.9. The lowest BCUT2D eigenvalue weighted by Gasteiger charge is -2.31. The predicted molar refractivity (Wildman–Crippen MR) is 157 cm³/mol. The number of piperidine rings is 1. The van der Waals surface area contributed by atoms with Crippen molar-refractivity contribution >= 4 is 44.1 Å². The summed E-state index contributed by atoms with van der Waals surface area (Å²) in [7, 11) is -3.37. The number of anilines is 2. The Morgan fingerprint density at radius 2 is 1.70 bits per heavy atom. The van der Waals surface area contributed by atoms with Crippen LogP contribution in [0.2, 0.25) is 0 Å².